The minimum absolute atomic E-state index is 0.201. The Labute approximate surface area is 263 Å². The molecule has 44 heavy (non-hydrogen) atoms. The van der Waals surface area contributed by atoms with Gasteiger partial charge in [-0.25, -0.2) is 4.79 Å². The van der Waals surface area contributed by atoms with Crippen LogP contribution in [0.2, 0.25) is 0 Å². The van der Waals surface area contributed by atoms with Crippen LogP contribution < -0.4 is 16.0 Å². The number of pyridine rings is 1. The first kappa shape index (κ1) is 31.6. The highest BCUT2D eigenvalue weighted by molar-refractivity contribution is 7.16. The van der Waals surface area contributed by atoms with Crippen LogP contribution in [0.5, 0.6) is 0 Å². The number of anilines is 2. The molecule has 0 unspecified atom stereocenters. The van der Waals surface area contributed by atoms with E-state index in [9.17, 15) is 14.4 Å². The molecule has 0 atom stereocenters. The van der Waals surface area contributed by atoms with E-state index in [1.54, 1.807) is 18.7 Å². The van der Waals surface area contributed by atoms with Crippen molar-refractivity contribution in [2.24, 2.45) is 0 Å². The Hall–Kier alpha value is -3.80. The second-order valence-electron chi connectivity index (χ2n) is 12.9. The minimum Gasteiger partial charge on any atom is -0.379 e. The Morgan fingerprint density at radius 3 is 2.50 bits per heavy atom. The van der Waals surface area contributed by atoms with E-state index in [2.05, 4.69) is 47.7 Å². The zero-order valence-corrected chi connectivity index (χ0v) is 27.2. The lowest BCUT2D eigenvalue weighted by atomic mass is 9.93. The summed E-state index contributed by atoms with van der Waals surface area (Å²) in [5.74, 6) is -0.484. The molecule has 11 heteroatoms. The molecule has 2 aliphatic rings. The molecule has 0 aliphatic carbocycles. The zero-order valence-electron chi connectivity index (χ0n) is 26.4. The Bertz CT molecular complexity index is 1540. The number of hydrogen-bond donors (Lipinski definition) is 3. The molecule has 0 spiro atoms. The van der Waals surface area contributed by atoms with Crippen LogP contribution in [0.15, 0.2) is 42.6 Å². The summed E-state index contributed by atoms with van der Waals surface area (Å²) < 4.78 is 5.44. The van der Waals surface area contributed by atoms with Crippen molar-refractivity contribution < 1.29 is 19.1 Å². The molecule has 5 rings (SSSR count). The lowest BCUT2D eigenvalue weighted by molar-refractivity contribution is -0.133. The van der Waals surface area contributed by atoms with E-state index in [0.717, 1.165) is 60.1 Å². The highest BCUT2D eigenvalue weighted by Gasteiger charge is 2.42. The van der Waals surface area contributed by atoms with Gasteiger partial charge < -0.3 is 20.3 Å². The summed E-state index contributed by atoms with van der Waals surface area (Å²) >= 11 is 1.38. The van der Waals surface area contributed by atoms with Gasteiger partial charge in [0.1, 0.15) is 10.5 Å². The molecule has 3 aromatic rings. The molecule has 4 heterocycles. The maximum absolute atomic E-state index is 13.8. The van der Waals surface area contributed by atoms with E-state index in [0.29, 0.717) is 29.3 Å². The molecule has 234 valence electrons. The number of morpholine rings is 1. The Morgan fingerprint density at radius 2 is 1.82 bits per heavy atom. The summed E-state index contributed by atoms with van der Waals surface area (Å²) in [6.07, 6.45) is 1.88. The van der Waals surface area contributed by atoms with Crippen molar-refractivity contribution in [3.05, 3.63) is 64.3 Å². The number of hydrogen-bond acceptors (Lipinski definition) is 7. The first-order valence-corrected chi connectivity index (χ1v) is 15.8. The number of aromatic nitrogens is 1. The van der Waals surface area contributed by atoms with Crippen LogP contribution in [-0.2, 0) is 21.5 Å². The molecular weight excluding hydrogens is 576 g/mol. The van der Waals surface area contributed by atoms with Gasteiger partial charge in [0.15, 0.2) is 0 Å². The second-order valence-corrected chi connectivity index (χ2v) is 14.0. The van der Waals surface area contributed by atoms with Crippen LogP contribution >= 0.6 is 11.3 Å². The van der Waals surface area contributed by atoms with Crippen LogP contribution in [0.25, 0.3) is 11.1 Å². The van der Waals surface area contributed by atoms with E-state index in [-0.39, 0.29) is 17.2 Å². The quantitative estimate of drug-likeness (QED) is 0.348. The third kappa shape index (κ3) is 6.95. The number of thiophene rings is 1. The van der Waals surface area contributed by atoms with Crippen LogP contribution in [0.4, 0.5) is 15.5 Å². The predicted octanol–water partition coefficient (Wildman–Crippen LogP) is 5.24. The predicted molar refractivity (Wildman–Crippen MR) is 174 cm³/mol. The Balaban J connectivity index is 1.33. The monoisotopic (exact) mass is 618 g/mol. The lowest BCUT2D eigenvalue weighted by Gasteiger charge is -2.41. The Morgan fingerprint density at radius 1 is 1.07 bits per heavy atom. The zero-order chi connectivity index (χ0) is 31.6. The fourth-order valence-electron chi connectivity index (χ4n) is 5.35. The van der Waals surface area contributed by atoms with Gasteiger partial charge in [-0.3, -0.25) is 24.8 Å². The van der Waals surface area contributed by atoms with Gasteiger partial charge in [0, 0.05) is 55.0 Å². The highest BCUT2D eigenvalue weighted by atomic mass is 32.1. The number of rotatable bonds is 6. The number of ether oxygens (including phenoxy) is 1. The van der Waals surface area contributed by atoms with Gasteiger partial charge in [0.05, 0.1) is 24.5 Å². The van der Waals surface area contributed by atoms with E-state index in [1.807, 2.05) is 43.5 Å². The normalized spacial score (nSPS) is 17.2. The summed E-state index contributed by atoms with van der Waals surface area (Å²) in [6, 6.07) is 11.3. The molecule has 2 aliphatic heterocycles. The minimum atomic E-state index is -1.01. The summed E-state index contributed by atoms with van der Waals surface area (Å²) in [4.78, 5) is 49.2. The van der Waals surface area contributed by atoms with Crippen LogP contribution in [-0.4, -0.2) is 77.6 Å². The average Bonchev–Trinajstić information content (AvgIpc) is 3.40. The maximum Gasteiger partial charge on any atom is 0.324 e. The van der Waals surface area contributed by atoms with Crippen molar-refractivity contribution in [2.45, 2.75) is 59.0 Å². The highest BCUT2D eigenvalue weighted by Crippen LogP contribution is 2.38. The van der Waals surface area contributed by atoms with Crippen LogP contribution in [0.3, 0.4) is 0 Å². The number of urea groups is 1. The molecule has 2 saturated heterocycles. The average molecular weight is 619 g/mol. The summed E-state index contributed by atoms with van der Waals surface area (Å²) in [5.41, 5.74) is 3.77. The molecule has 0 bridgehead atoms. The Kier molecular flexibility index (Phi) is 9.10. The number of nitrogens with one attached hydrogen (secondary N) is 3. The molecule has 10 nitrogen and oxygen atoms in total. The summed E-state index contributed by atoms with van der Waals surface area (Å²) in [7, 11) is 0. The van der Waals surface area contributed by atoms with Gasteiger partial charge in [-0.1, -0.05) is 32.9 Å². The number of aryl methyl sites for hydroxylation is 1. The SMILES string of the molecule is Cc1ccc(NC(=O)Nc2sc(C(C)(C)C)cc2C(=O)N2CCNC(=O)C2(C)C)cc1-c1ccc(CN2CCOCC2)nc1. The standard InChI is InChI=1S/C33H42N6O4S/c1-21-7-9-23(17-25(21)22-8-10-24(35-19-22)20-38-13-15-43-16-14-38)36-31(42)37-28-26(18-27(44-28)32(2,3)4)29(40)39-12-11-34-30(41)33(39,5)6/h7-10,17-19H,11-16,20H2,1-6H3,(H,34,41)(H2,36,37,42). The van der Waals surface area contributed by atoms with Crippen molar-refractivity contribution in [3.8, 4) is 11.1 Å². The molecule has 0 radical (unpaired) electrons. The maximum atomic E-state index is 13.8. The largest absolute Gasteiger partial charge is 0.379 e. The topological polar surface area (TPSA) is 116 Å². The van der Waals surface area contributed by atoms with Crippen molar-refractivity contribution in [3.63, 3.8) is 0 Å². The third-order valence-electron chi connectivity index (χ3n) is 8.15. The number of carbonyl (C=O) groups excluding carboxylic acids is 3. The first-order valence-electron chi connectivity index (χ1n) is 15.0. The lowest BCUT2D eigenvalue weighted by Crippen LogP contribution is -2.63. The summed E-state index contributed by atoms with van der Waals surface area (Å²) in [6.45, 7) is 16.6. The number of piperazine rings is 1. The van der Waals surface area contributed by atoms with Crippen molar-refractivity contribution in [2.75, 3.05) is 50.0 Å². The van der Waals surface area contributed by atoms with E-state index < -0.39 is 11.6 Å². The van der Waals surface area contributed by atoms with Crippen LogP contribution in [0, 0.1) is 6.92 Å². The fourth-order valence-corrected chi connectivity index (χ4v) is 6.46. The molecule has 2 aromatic heterocycles. The van der Waals surface area contributed by atoms with Crippen molar-refractivity contribution in [1.29, 1.82) is 0 Å². The molecule has 1 aromatic carbocycles. The van der Waals surface area contributed by atoms with E-state index in [4.69, 9.17) is 9.72 Å². The van der Waals surface area contributed by atoms with Crippen molar-refractivity contribution >= 4 is 39.9 Å². The van der Waals surface area contributed by atoms with Gasteiger partial charge in [0.25, 0.3) is 5.91 Å². The third-order valence-corrected chi connectivity index (χ3v) is 9.62. The second kappa shape index (κ2) is 12.7. The van der Waals surface area contributed by atoms with Crippen LogP contribution in [0.1, 0.15) is 61.1 Å². The fraction of sp³-hybridized carbons (Fsp3) is 0.455. The van der Waals surface area contributed by atoms with Gasteiger partial charge in [-0.2, -0.15) is 0 Å². The molecule has 3 N–H and O–H groups in total. The van der Waals surface area contributed by atoms with Gasteiger partial charge in [-0.05, 0) is 61.6 Å². The first-order chi connectivity index (χ1) is 20.8. The number of nitrogens with zero attached hydrogens (tertiary/aromatic N) is 3. The number of carbonyl (C=O) groups is 3. The molecular formula is C33H42N6O4S. The van der Waals surface area contributed by atoms with E-state index in [1.165, 1.54) is 11.3 Å². The molecule has 0 saturated carbocycles. The summed E-state index contributed by atoms with van der Waals surface area (Å²) in [5, 5.41) is 9.15. The molecule has 2 fully saturated rings. The van der Waals surface area contributed by atoms with Gasteiger partial charge in [0.2, 0.25) is 5.91 Å². The van der Waals surface area contributed by atoms with E-state index >= 15 is 0 Å². The van der Waals surface area contributed by atoms with Crippen molar-refractivity contribution in [1.82, 2.24) is 20.1 Å². The number of benzene rings is 1. The van der Waals surface area contributed by atoms with Gasteiger partial charge in [-0.15, -0.1) is 11.3 Å². The van der Waals surface area contributed by atoms with Gasteiger partial charge >= 0.3 is 6.03 Å². The smallest absolute Gasteiger partial charge is 0.324 e. The molecule has 4 amide bonds. The number of amides is 4.